The highest BCUT2D eigenvalue weighted by atomic mass is 15.3. The molecule has 0 atom stereocenters. The molecule has 4 heterocycles. The molecule has 3 aromatic heterocycles. The summed E-state index contributed by atoms with van der Waals surface area (Å²) in [6.45, 7) is 6.04. The second kappa shape index (κ2) is 8.43. The van der Waals surface area contributed by atoms with Crippen LogP contribution in [0.5, 0.6) is 0 Å². The number of hydrogen-bond donors (Lipinski definition) is 1. The lowest BCUT2D eigenvalue weighted by molar-refractivity contribution is 0.267. The lowest BCUT2D eigenvalue weighted by Crippen LogP contribution is -2.27. The van der Waals surface area contributed by atoms with Crippen LogP contribution in [0.4, 0.5) is 0 Å². The van der Waals surface area contributed by atoms with E-state index in [1.807, 2.05) is 18.5 Å². The molecule has 1 N–H and O–H groups in total. The van der Waals surface area contributed by atoms with Gasteiger partial charge in [0.15, 0.2) is 0 Å². The summed E-state index contributed by atoms with van der Waals surface area (Å²) in [5.74, 6) is 3.23. The number of nitrogens with one attached hydrogen (secondary N) is 1. The van der Waals surface area contributed by atoms with Crippen LogP contribution in [0, 0.1) is 0 Å². The molecule has 7 heteroatoms. The average Bonchev–Trinajstić information content (AvgIpc) is 3.24. The zero-order chi connectivity index (χ0) is 18.5. The molecule has 0 saturated carbocycles. The van der Waals surface area contributed by atoms with Gasteiger partial charge >= 0.3 is 0 Å². The van der Waals surface area contributed by atoms with Gasteiger partial charge in [0.1, 0.15) is 17.5 Å². The number of unbranched alkanes of at least 4 members (excludes halogenated alkanes) is 1. The maximum absolute atomic E-state index is 4.52. The number of H-pyrrole nitrogens is 1. The molecule has 3 aromatic rings. The highest BCUT2D eigenvalue weighted by Gasteiger charge is 2.19. The van der Waals surface area contributed by atoms with Crippen LogP contribution >= 0.6 is 0 Å². The van der Waals surface area contributed by atoms with Crippen LogP contribution in [0.3, 0.4) is 0 Å². The van der Waals surface area contributed by atoms with Gasteiger partial charge in [0, 0.05) is 69.7 Å². The van der Waals surface area contributed by atoms with Crippen molar-refractivity contribution in [2.45, 2.75) is 52.1 Å². The van der Waals surface area contributed by atoms with Gasteiger partial charge in [-0.1, -0.05) is 19.4 Å². The van der Waals surface area contributed by atoms with Crippen molar-refractivity contribution in [2.75, 3.05) is 13.1 Å². The molecule has 27 heavy (non-hydrogen) atoms. The van der Waals surface area contributed by atoms with E-state index in [0.717, 1.165) is 62.9 Å². The highest BCUT2D eigenvalue weighted by molar-refractivity contribution is 5.15. The predicted molar refractivity (Wildman–Crippen MR) is 103 cm³/mol. The Labute approximate surface area is 159 Å². The van der Waals surface area contributed by atoms with Crippen LogP contribution in [0.25, 0.3) is 0 Å². The van der Waals surface area contributed by atoms with Gasteiger partial charge in [-0.15, -0.1) is 10.2 Å². The first kappa shape index (κ1) is 17.9. The first-order chi connectivity index (χ1) is 13.3. The van der Waals surface area contributed by atoms with Crippen molar-refractivity contribution in [2.24, 2.45) is 0 Å². The quantitative estimate of drug-likeness (QED) is 0.696. The average molecular weight is 365 g/mol. The van der Waals surface area contributed by atoms with Crippen molar-refractivity contribution in [3.63, 3.8) is 0 Å². The SMILES string of the molecule is CCCCc1ncc(CN2CCc3nnc(Cc4cccnc4)n3CC2)[nH]1. The van der Waals surface area contributed by atoms with Gasteiger partial charge in [0.2, 0.25) is 0 Å². The second-order valence-electron chi connectivity index (χ2n) is 7.21. The molecule has 0 radical (unpaired) electrons. The number of nitrogens with zero attached hydrogens (tertiary/aromatic N) is 6. The third-order valence-corrected chi connectivity index (χ3v) is 5.12. The standard InChI is InChI=1S/C20H27N7/c1-2-3-6-18-22-14-17(23-18)15-26-9-7-19-24-25-20(27(19)11-10-26)12-16-5-4-8-21-13-16/h4-5,8,13-14H,2-3,6-7,9-12,15H2,1H3,(H,22,23). The Bertz CT molecular complexity index is 852. The van der Waals surface area contributed by atoms with E-state index in [0.29, 0.717) is 0 Å². The Kier molecular flexibility index (Phi) is 5.58. The van der Waals surface area contributed by atoms with E-state index >= 15 is 0 Å². The Balaban J connectivity index is 1.38. The van der Waals surface area contributed by atoms with Gasteiger partial charge in [-0.25, -0.2) is 4.98 Å². The molecule has 4 rings (SSSR count). The van der Waals surface area contributed by atoms with Gasteiger partial charge in [-0.05, 0) is 18.1 Å². The monoisotopic (exact) mass is 365 g/mol. The summed E-state index contributed by atoms with van der Waals surface area (Å²) in [5, 5.41) is 8.86. The number of aryl methyl sites for hydroxylation is 1. The minimum absolute atomic E-state index is 0.780. The third-order valence-electron chi connectivity index (χ3n) is 5.12. The summed E-state index contributed by atoms with van der Waals surface area (Å²) in [4.78, 5) is 14.7. The van der Waals surface area contributed by atoms with E-state index in [1.165, 1.54) is 24.1 Å². The Morgan fingerprint density at radius 3 is 2.96 bits per heavy atom. The van der Waals surface area contributed by atoms with E-state index in [9.17, 15) is 0 Å². The Morgan fingerprint density at radius 1 is 1.15 bits per heavy atom. The van der Waals surface area contributed by atoms with Crippen molar-refractivity contribution < 1.29 is 0 Å². The third kappa shape index (κ3) is 4.42. The molecule has 1 aliphatic heterocycles. The topological polar surface area (TPSA) is 75.5 Å². The van der Waals surface area contributed by atoms with Gasteiger partial charge in [0.25, 0.3) is 0 Å². The lowest BCUT2D eigenvalue weighted by Gasteiger charge is -2.18. The number of aromatic nitrogens is 6. The van der Waals surface area contributed by atoms with Crippen LogP contribution in [0.2, 0.25) is 0 Å². The number of aromatic amines is 1. The fourth-order valence-corrected chi connectivity index (χ4v) is 3.60. The van der Waals surface area contributed by atoms with Gasteiger partial charge in [0.05, 0.1) is 0 Å². The molecule has 7 nitrogen and oxygen atoms in total. The van der Waals surface area contributed by atoms with Crippen LogP contribution in [-0.4, -0.2) is 47.7 Å². The predicted octanol–water partition coefficient (Wildman–Crippen LogP) is 2.39. The van der Waals surface area contributed by atoms with E-state index < -0.39 is 0 Å². The number of hydrogen-bond acceptors (Lipinski definition) is 5. The molecule has 0 aliphatic carbocycles. The molecule has 0 saturated heterocycles. The Morgan fingerprint density at radius 2 is 2.11 bits per heavy atom. The zero-order valence-corrected chi connectivity index (χ0v) is 15.9. The fraction of sp³-hybridized carbons (Fsp3) is 0.500. The van der Waals surface area contributed by atoms with Crippen LogP contribution in [0.1, 0.15) is 48.5 Å². The van der Waals surface area contributed by atoms with E-state index in [4.69, 9.17) is 0 Å². The number of imidazole rings is 1. The minimum Gasteiger partial charge on any atom is -0.345 e. The first-order valence-corrected chi connectivity index (χ1v) is 9.87. The molecule has 0 unspecified atom stereocenters. The summed E-state index contributed by atoms with van der Waals surface area (Å²) in [6.07, 6.45) is 10.8. The molecule has 0 amide bonds. The summed E-state index contributed by atoms with van der Waals surface area (Å²) in [6, 6.07) is 4.06. The van der Waals surface area contributed by atoms with E-state index in [1.54, 1.807) is 6.20 Å². The maximum Gasteiger partial charge on any atom is 0.137 e. The van der Waals surface area contributed by atoms with Crippen molar-refractivity contribution in [1.82, 2.24) is 34.6 Å². The normalized spacial score (nSPS) is 14.9. The summed E-state index contributed by atoms with van der Waals surface area (Å²) in [7, 11) is 0. The molecular formula is C20H27N7. The summed E-state index contributed by atoms with van der Waals surface area (Å²) in [5.41, 5.74) is 2.38. The van der Waals surface area contributed by atoms with E-state index in [2.05, 4.69) is 47.6 Å². The van der Waals surface area contributed by atoms with Crippen molar-refractivity contribution in [3.8, 4) is 0 Å². The van der Waals surface area contributed by atoms with Gasteiger partial charge in [-0.3, -0.25) is 9.88 Å². The maximum atomic E-state index is 4.52. The van der Waals surface area contributed by atoms with Crippen molar-refractivity contribution in [1.29, 1.82) is 0 Å². The van der Waals surface area contributed by atoms with Crippen LogP contribution < -0.4 is 0 Å². The minimum atomic E-state index is 0.780. The van der Waals surface area contributed by atoms with E-state index in [-0.39, 0.29) is 0 Å². The second-order valence-corrected chi connectivity index (χ2v) is 7.21. The van der Waals surface area contributed by atoms with Crippen LogP contribution in [0.15, 0.2) is 30.7 Å². The Hall–Kier alpha value is -2.54. The molecule has 1 aliphatic rings. The lowest BCUT2D eigenvalue weighted by atomic mass is 10.2. The van der Waals surface area contributed by atoms with Crippen LogP contribution in [-0.2, 0) is 32.4 Å². The molecular weight excluding hydrogens is 338 g/mol. The molecule has 0 bridgehead atoms. The fourth-order valence-electron chi connectivity index (χ4n) is 3.60. The van der Waals surface area contributed by atoms with Gasteiger partial charge < -0.3 is 9.55 Å². The number of fused-ring (bicyclic) bond motifs is 1. The first-order valence-electron chi connectivity index (χ1n) is 9.87. The van der Waals surface area contributed by atoms with Crippen molar-refractivity contribution in [3.05, 3.63) is 59.5 Å². The zero-order valence-electron chi connectivity index (χ0n) is 15.9. The molecule has 0 aromatic carbocycles. The van der Waals surface area contributed by atoms with Gasteiger partial charge in [-0.2, -0.15) is 0 Å². The molecule has 142 valence electrons. The number of pyridine rings is 1. The number of rotatable bonds is 7. The highest BCUT2D eigenvalue weighted by Crippen LogP contribution is 2.14. The molecule has 0 fully saturated rings. The summed E-state index contributed by atoms with van der Waals surface area (Å²) < 4.78 is 2.28. The van der Waals surface area contributed by atoms with Crippen molar-refractivity contribution >= 4 is 0 Å². The largest absolute Gasteiger partial charge is 0.345 e. The smallest absolute Gasteiger partial charge is 0.137 e. The molecule has 0 spiro atoms. The summed E-state index contributed by atoms with van der Waals surface area (Å²) >= 11 is 0.